The lowest BCUT2D eigenvalue weighted by molar-refractivity contribution is -0.117. The van der Waals surface area contributed by atoms with Crippen LogP contribution in [0, 0.1) is 0 Å². The van der Waals surface area contributed by atoms with Crippen molar-refractivity contribution in [1.29, 1.82) is 0 Å². The van der Waals surface area contributed by atoms with E-state index in [0.29, 0.717) is 11.7 Å². The van der Waals surface area contributed by atoms with Gasteiger partial charge in [0, 0.05) is 30.6 Å². The highest BCUT2D eigenvalue weighted by atomic mass is 16.2. The lowest BCUT2D eigenvalue weighted by Crippen LogP contribution is -2.20. The number of H-pyrrole nitrogens is 1. The second-order valence-corrected chi connectivity index (χ2v) is 7.70. The number of amides is 1. The first-order valence-corrected chi connectivity index (χ1v) is 9.72. The van der Waals surface area contributed by atoms with Crippen LogP contribution in [0.25, 0.3) is 0 Å². The lowest BCUT2D eigenvalue weighted by atomic mass is 9.92. The summed E-state index contributed by atoms with van der Waals surface area (Å²) in [6.45, 7) is 2.58. The van der Waals surface area contributed by atoms with Gasteiger partial charge in [-0.2, -0.15) is 5.10 Å². The van der Waals surface area contributed by atoms with Gasteiger partial charge in [-0.1, -0.05) is 30.3 Å². The molecule has 28 heavy (non-hydrogen) atoms. The van der Waals surface area contributed by atoms with Crippen LogP contribution >= 0.6 is 0 Å². The van der Waals surface area contributed by atoms with Crippen LogP contribution < -0.4 is 5.32 Å². The number of nitrogens with one attached hydrogen (secondary N) is 2. The summed E-state index contributed by atoms with van der Waals surface area (Å²) in [5.41, 5.74) is 2.83. The normalized spacial score (nSPS) is 15.1. The van der Waals surface area contributed by atoms with Crippen molar-refractivity contribution in [2.24, 2.45) is 0 Å². The molecular formula is C22H28N4O2. The monoisotopic (exact) mass is 380 g/mol. The second-order valence-electron chi connectivity index (χ2n) is 7.70. The van der Waals surface area contributed by atoms with Gasteiger partial charge in [0.1, 0.15) is 0 Å². The Bertz CT molecular complexity index is 865. The van der Waals surface area contributed by atoms with Crippen LogP contribution in [0.4, 0.5) is 5.82 Å². The Hall–Kier alpha value is -2.73. The largest absolute Gasteiger partial charge is 0.309 e. The molecule has 0 radical (unpaired) electrons. The molecule has 0 saturated heterocycles. The van der Waals surface area contributed by atoms with Crippen LogP contribution in [0.5, 0.6) is 0 Å². The number of allylic oxidation sites excluding steroid dienone is 1. The van der Waals surface area contributed by atoms with E-state index in [1.165, 1.54) is 12.8 Å². The molecule has 2 aromatic rings. The summed E-state index contributed by atoms with van der Waals surface area (Å²) in [5, 5.41) is 10.1. The maximum absolute atomic E-state index is 12.7. The number of nitrogens with zero attached hydrogens (tertiary/aromatic N) is 2. The van der Waals surface area contributed by atoms with Crippen LogP contribution in [-0.4, -0.2) is 47.4 Å². The van der Waals surface area contributed by atoms with E-state index in [4.69, 9.17) is 0 Å². The Labute approximate surface area is 166 Å². The summed E-state index contributed by atoms with van der Waals surface area (Å²) >= 11 is 0. The Morgan fingerprint density at radius 3 is 2.79 bits per heavy atom. The predicted octanol–water partition coefficient (Wildman–Crippen LogP) is 3.26. The summed E-state index contributed by atoms with van der Waals surface area (Å²) in [4.78, 5) is 27.0. The number of aromatic nitrogens is 2. The van der Waals surface area contributed by atoms with Crippen LogP contribution in [0.1, 0.15) is 48.4 Å². The van der Waals surface area contributed by atoms with Crippen molar-refractivity contribution in [1.82, 2.24) is 15.1 Å². The Kier molecular flexibility index (Phi) is 6.41. The van der Waals surface area contributed by atoms with Crippen molar-refractivity contribution >= 4 is 17.5 Å². The molecule has 1 fully saturated rings. The Morgan fingerprint density at radius 2 is 2.07 bits per heavy atom. The summed E-state index contributed by atoms with van der Waals surface area (Å²) in [7, 11) is 3.91. The fourth-order valence-electron chi connectivity index (χ4n) is 3.14. The van der Waals surface area contributed by atoms with Crippen molar-refractivity contribution in [2.75, 3.05) is 26.0 Å². The fraction of sp³-hybridized carbons (Fsp3) is 0.409. The first kappa shape index (κ1) is 20.0. The highest BCUT2D eigenvalue weighted by molar-refractivity contribution is 5.96. The molecule has 6 heteroatoms. The van der Waals surface area contributed by atoms with Crippen molar-refractivity contribution < 1.29 is 9.59 Å². The Morgan fingerprint density at radius 1 is 1.32 bits per heavy atom. The number of aromatic amines is 1. The molecule has 1 saturated carbocycles. The molecule has 6 nitrogen and oxygen atoms in total. The van der Waals surface area contributed by atoms with Crippen LogP contribution in [0.2, 0.25) is 0 Å². The Balaban J connectivity index is 1.65. The SMILES string of the molecule is CC(C(=O)Nc1cc(C2CC2)[nH]n1)c1ccccc1CC(=O)/C=C/CN(C)C. The van der Waals surface area contributed by atoms with Gasteiger partial charge in [0.05, 0.1) is 5.92 Å². The van der Waals surface area contributed by atoms with E-state index in [-0.39, 0.29) is 24.0 Å². The fourth-order valence-corrected chi connectivity index (χ4v) is 3.14. The van der Waals surface area contributed by atoms with Gasteiger partial charge in [-0.15, -0.1) is 0 Å². The van der Waals surface area contributed by atoms with Crippen LogP contribution in [0.15, 0.2) is 42.5 Å². The summed E-state index contributed by atoms with van der Waals surface area (Å²) in [5.74, 6) is 0.637. The number of hydrogen-bond donors (Lipinski definition) is 2. The van der Waals surface area contributed by atoms with E-state index in [0.717, 1.165) is 23.4 Å². The molecule has 0 spiro atoms. The molecule has 3 rings (SSSR count). The van der Waals surface area contributed by atoms with E-state index in [2.05, 4.69) is 15.5 Å². The number of carbonyl (C=O) groups is 2. The molecule has 1 heterocycles. The standard InChI is InChI=1S/C22H28N4O2/c1-15(22(28)23-21-14-20(24-25-21)16-10-11-16)19-9-5-4-7-17(19)13-18(27)8-6-12-26(2)3/h4-9,14-16H,10-13H2,1-3H3,(H2,23,24,25,28)/b8-6+. The van der Waals surface area contributed by atoms with Crippen molar-refractivity contribution in [3.05, 3.63) is 59.3 Å². The van der Waals surface area contributed by atoms with E-state index < -0.39 is 0 Å². The number of rotatable bonds is 9. The molecule has 0 aliphatic heterocycles. The van der Waals surface area contributed by atoms with Gasteiger partial charge in [-0.05, 0) is 51.1 Å². The number of likely N-dealkylation sites (N-methyl/N-ethyl adjacent to an activating group) is 1. The van der Waals surface area contributed by atoms with Gasteiger partial charge in [0.25, 0.3) is 0 Å². The third-order valence-corrected chi connectivity index (χ3v) is 4.92. The average molecular weight is 380 g/mol. The smallest absolute Gasteiger partial charge is 0.232 e. The maximum atomic E-state index is 12.7. The van der Waals surface area contributed by atoms with E-state index in [1.54, 1.807) is 6.08 Å². The number of benzene rings is 1. The molecule has 2 N–H and O–H groups in total. The lowest BCUT2D eigenvalue weighted by Gasteiger charge is -2.15. The number of ketones is 1. The zero-order chi connectivity index (χ0) is 20.1. The molecular weight excluding hydrogens is 352 g/mol. The van der Waals surface area contributed by atoms with Gasteiger partial charge in [-0.3, -0.25) is 14.7 Å². The summed E-state index contributed by atoms with van der Waals surface area (Å²) in [6.07, 6.45) is 6.11. The van der Waals surface area contributed by atoms with Crippen LogP contribution in [-0.2, 0) is 16.0 Å². The topological polar surface area (TPSA) is 78.1 Å². The van der Waals surface area contributed by atoms with Crippen LogP contribution in [0.3, 0.4) is 0 Å². The molecule has 0 bridgehead atoms. The second kappa shape index (κ2) is 8.97. The highest BCUT2D eigenvalue weighted by Crippen LogP contribution is 2.39. The van der Waals surface area contributed by atoms with E-state index in [9.17, 15) is 9.59 Å². The quantitative estimate of drug-likeness (QED) is 0.655. The highest BCUT2D eigenvalue weighted by Gasteiger charge is 2.26. The first-order valence-electron chi connectivity index (χ1n) is 9.72. The van der Waals surface area contributed by atoms with Gasteiger partial charge >= 0.3 is 0 Å². The first-order chi connectivity index (χ1) is 13.4. The number of hydrogen-bond acceptors (Lipinski definition) is 4. The third-order valence-electron chi connectivity index (χ3n) is 4.92. The molecule has 1 unspecified atom stereocenters. The minimum atomic E-state index is -0.379. The average Bonchev–Trinajstić information content (AvgIpc) is 3.41. The van der Waals surface area contributed by atoms with Crippen molar-refractivity contribution in [3.63, 3.8) is 0 Å². The van der Waals surface area contributed by atoms with E-state index >= 15 is 0 Å². The third kappa shape index (κ3) is 5.39. The van der Waals surface area contributed by atoms with Gasteiger partial charge in [-0.25, -0.2) is 0 Å². The zero-order valence-corrected chi connectivity index (χ0v) is 16.7. The summed E-state index contributed by atoms with van der Waals surface area (Å²) in [6, 6.07) is 9.53. The molecule has 1 aromatic carbocycles. The maximum Gasteiger partial charge on any atom is 0.232 e. The molecule has 1 atom stereocenters. The minimum absolute atomic E-state index is 0.0308. The molecule has 1 aliphatic rings. The summed E-state index contributed by atoms with van der Waals surface area (Å²) < 4.78 is 0. The van der Waals surface area contributed by atoms with Crippen molar-refractivity contribution in [2.45, 2.75) is 38.0 Å². The van der Waals surface area contributed by atoms with Crippen molar-refractivity contribution in [3.8, 4) is 0 Å². The molecule has 1 aromatic heterocycles. The molecule has 1 amide bonds. The van der Waals surface area contributed by atoms with Gasteiger partial charge < -0.3 is 10.2 Å². The van der Waals surface area contributed by atoms with E-state index in [1.807, 2.05) is 62.3 Å². The minimum Gasteiger partial charge on any atom is -0.309 e. The zero-order valence-electron chi connectivity index (χ0n) is 16.7. The molecule has 1 aliphatic carbocycles. The molecule has 148 valence electrons. The number of carbonyl (C=O) groups excluding carboxylic acids is 2. The number of anilines is 1. The van der Waals surface area contributed by atoms with Gasteiger partial charge in [0.15, 0.2) is 11.6 Å². The van der Waals surface area contributed by atoms with Gasteiger partial charge in [0.2, 0.25) is 5.91 Å². The predicted molar refractivity (Wildman–Crippen MR) is 110 cm³/mol.